The highest BCUT2D eigenvalue weighted by atomic mass is 79.9. The summed E-state index contributed by atoms with van der Waals surface area (Å²) >= 11 is 11.7. The van der Waals surface area contributed by atoms with Crippen molar-refractivity contribution in [2.24, 2.45) is 0 Å². The van der Waals surface area contributed by atoms with Crippen molar-refractivity contribution in [3.63, 3.8) is 0 Å². The molecule has 0 aliphatic heterocycles. The van der Waals surface area contributed by atoms with Crippen molar-refractivity contribution in [2.45, 2.75) is 26.8 Å². The molecule has 1 atom stereocenters. The van der Waals surface area contributed by atoms with E-state index in [1.807, 2.05) is 23.5 Å². The van der Waals surface area contributed by atoms with Crippen LogP contribution in [0.1, 0.15) is 33.8 Å². The van der Waals surface area contributed by atoms with E-state index >= 15 is 0 Å². The molecule has 2 rings (SSSR count). The van der Waals surface area contributed by atoms with Gasteiger partial charge < -0.3 is 5.32 Å². The summed E-state index contributed by atoms with van der Waals surface area (Å²) in [5.41, 5.74) is 2.41. The predicted octanol–water partition coefficient (Wildman–Crippen LogP) is 5.48. The van der Waals surface area contributed by atoms with E-state index in [0.29, 0.717) is 0 Å². The number of nitrogens with one attached hydrogen (secondary N) is 1. The van der Waals surface area contributed by atoms with Crippen LogP contribution in [0.5, 0.6) is 0 Å². The molecule has 0 saturated heterocycles. The lowest BCUT2D eigenvalue weighted by Gasteiger charge is -2.18. The lowest BCUT2D eigenvalue weighted by atomic mass is 10.0. The van der Waals surface area contributed by atoms with Gasteiger partial charge in [0, 0.05) is 19.2 Å². The minimum absolute atomic E-state index is 0.190. The average Bonchev–Trinajstić information content (AvgIpc) is 2.64. The SMILES string of the molecule is CCNC(c1cc(C)cc(Cl)c1)c1sc(C)cc1Br. The van der Waals surface area contributed by atoms with Gasteiger partial charge in [-0.05, 0) is 65.6 Å². The fourth-order valence-electron chi connectivity index (χ4n) is 2.20. The highest BCUT2D eigenvalue weighted by Gasteiger charge is 2.19. The zero-order valence-electron chi connectivity index (χ0n) is 11.3. The Morgan fingerprint density at radius 2 is 2.00 bits per heavy atom. The Bertz CT molecular complexity index is 559. The van der Waals surface area contributed by atoms with E-state index in [0.717, 1.165) is 11.6 Å². The monoisotopic (exact) mass is 357 g/mol. The first-order valence-corrected chi connectivity index (χ1v) is 8.26. The molecular weight excluding hydrogens is 342 g/mol. The Morgan fingerprint density at radius 3 is 2.53 bits per heavy atom. The van der Waals surface area contributed by atoms with Crippen LogP contribution in [0.25, 0.3) is 0 Å². The van der Waals surface area contributed by atoms with Crippen LogP contribution >= 0.6 is 38.9 Å². The summed E-state index contributed by atoms with van der Waals surface area (Å²) < 4.78 is 1.17. The molecule has 1 aromatic carbocycles. The molecule has 0 saturated carbocycles. The van der Waals surface area contributed by atoms with Crippen molar-refractivity contribution in [1.82, 2.24) is 5.32 Å². The topological polar surface area (TPSA) is 12.0 Å². The van der Waals surface area contributed by atoms with Crippen LogP contribution in [0.2, 0.25) is 5.02 Å². The smallest absolute Gasteiger partial charge is 0.0683 e. The number of rotatable bonds is 4. The standard InChI is InChI=1S/C15H17BrClNS/c1-4-18-14(15-13(16)7-10(3)19-15)11-5-9(2)6-12(17)8-11/h5-8,14,18H,4H2,1-3H3. The normalized spacial score (nSPS) is 12.7. The number of hydrogen-bond donors (Lipinski definition) is 1. The molecule has 0 bridgehead atoms. The molecule has 0 spiro atoms. The second kappa shape index (κ2) is 6.40. The minimum Gasteiger partial charge on any atom is -0.306 e. The van der Waals surface area contributed by atoms with Crippen molar-refractivity contribution in [2.75, 3.05) is 6.54 Å². The van der Waals surface area contributed by atoms with Gasteiger partial charge in [-0.15, -0.1) is 11.3 Å². The first-order chi connectivity index (χ1) is 9.01. The summed E-state index contributed by atoms with van der Waals surface area (Å²) in [6, 6.07) is 8.59. The van der Waals surface area contributed by atoms with Crippen LogP contribution in [0.4, 0.5) is 0 Å². The summed E-state index contributed by atoms with van der Waals surface area (Å²) in [4.78, 5) is 2.62. The van der Waals surface area contributed by atoms with E-state index in [1.165, 1.54) is 25.4 Å². The predicted molar refractivity (Wildman–Crippen MR) is 88.5 cm³/mol. The summed E-state index contributed by atoms with van der Waals surface area (Å²) in [6.07, 6.45) is 0. The average molecular weight is 359 g/mol. The summed E-state index contributed by atoms with van der Waals surface area (Å²) in [7, 11) is 0. The second-order valence-electron chi connectivity index (χ2n) is 4.62. The third kappa shape index (κ3) is 3.60. The maximum Gasteiger partial charge on any atom is 0.0683 e. The molecule has 1 unspecified atom stereocenters. The Morgan fingerprint density at radius 1 is 1.26 bits per heavy atom. The van der Waals surface area contributed by atoms with Gasteiger partial charge in [0.1, 0.15) is 0 Å². The molecule has 1 N–H and O–H groups in total. The summed E-state index contributed by atoms with van der Waals surface area (Å²) in [5.74, 6) is 0. The van der Waals surface area contributed by atoms with Crippen LogP contribution in [0, 0.1) is 13.8 Å². The van der Waals surface area contributed by atoms with Gasteiger partial charge in [-0.25, -0.2) is 0 Å². The van der Waals surface area contributed by atoms with Crippen molar-refractivity contribution in [3.8, 4) is 0 Å². The highest BCUT2D eigenvalue weighted by Crippen LogP contribution is 2.36. The van der Waals surface area contributed by atoms with Crippen LogP contribution in [0.3, 0.4) is 0 Å². The van der Waals surface area contributed by atoms with Gasteiger partial charge >= 0.3 is 0 Å². The van der Waals surface area contributed by atoms with E-state index in [-0.39, 0.29) is 6.04 Å². The molecule has 2 aromatic rings. The van der Waals surface area contributed by atoms with Crippen LogP contribution in [0.15, 0.2) is 28.7 Å². The van der Waals surface area contributed by atoms with E-state index in [1.54, 1.807) is 0 Å². The zero-order valence-corrected chi connectivity index (χ0v) is 14.4. The highest BCUT2D eigenvalue weighted by molar-refractivity contribution is 9.10. The lowest BCUT2D eigenvalue weighted by Crippen LogP contribution is -2.21. The Balaban J connectivity index is 2.47. The van der Waals surface area contributed by atoms with Gasteiger partial charge in [-0.2, -0.15) is 0 Å². The molecule has 0 aliphatic rings. The van der Waals surface area contributed by atoms with Gasteiger partial charge in [0.15, 0.2) is 0 Å². The first-order valence-electron chi connectivity index (χ1n) is 6.27. The molecule has 1 aromatic heterocycles. The fraction of sp³-hybridized carbons (Fsp3) is 0.333. The van der Waals surface area contributed by atoms with E-state index in [2.05, 4.69) is 54.2 Å². The number of hydrogen-bond acceptors (Lipinski definition) is 2. The Kier molecular flexibility index (Phi) is 5.07. The third-order valence-corrected chi connectivity index (χ3v) is 5.16. The second-order valence-corrected chi connectivity index (χ2v) is 7.20. The van der Waals surface area contributed by atoms with Crippen LogP contribution in [-0.4, -0.2) is 6.54 Å². The van der Waals surface area contributed by atoms with Crippen LogP contribution in [-0.2, 0) is 0 Å². The molecule has 1 heterocycles. The Labute approximate surface area is 132 Å². The van der Waals surface area contributed by atoms with Crippen molar-refractivity contribution in [1.29, 1.82) is 0 Å². The molecule has 102 valence electrons. The van der Waals surface area contributed by atoms with Gasteiger partial charge in [0.2, 0.25) is 0 Å². The maximum atomic E-state index is 6.19. The lowest BCUT2D eigenvalue weighted by molar-refractivity contribution is 0.637. The van der Waals surface area contributed by atoms with Crippen molar-refractivity contribution >= 4 is 38.9 Å². The van der Waals surface area contributed by atoms with Gasteiger partial charge in [0.25, 0.3) is 0 Å². The number of halogens is 2. The number of aryl methyl sites for hydroxylation is 2. The number of benzene rings is 1. The molecule has 1 nitrogen and oxygen atoms in total. The Hall–Kier alpha value is -0.350. The van der Waals surface area contributed by atoms with Gasteiger partial charge in [-0.1, -0.05) is 24.6 Å². The molecule has 19 heavy (non-hydrogen) atoms. The zero-order chi connectivity index (χ0) is 14.0. The summed E-state index contributed by atoms with van der Waals surface area (Å²) in [6.45, 7) is 7.25. The van der Waals surface area contributed by atoms with Crippen LogP contribution < -0.4 is 5.32 Å². The summed E-state index contributed by atoms with van der Waals surface area (Å²) in [5, 5.41) is 4.34. The molecule has 0 amide bonds. The van der Waals surface area contributed by atoms with E-state index in [9.17, 15) is 0 Å². The molecule has 0 radical (unpaired) electrons. The van der Waals surface area contributed by atoms with E-state index in [4.69, 9.17) is 11.6 Å². The van der Waals surface area contributed by atoms with Crippen molar-refractivity contribution in [3.05, 3.63) is 54.6 Å². The molecule has 0 fully saturated rings. The third-order valence-electron chi connectivity index (χ3n) is 2.90. The number of thiophene rings is 1. The molecule has 4 heteroatoms. The first kappa shape index (κ1) is 15.0. The van der Waals surface area contributed by atoms with Gasteiger partial charge in [0.05, 0.1) is 6.04 Å². The minimum atomic E-state index is 0.190. The van der Waals surface area contributed by atoms with Gasteiger partial charge in [-0.3, -0.25) is 0 Å². The quantitative estimate of drug-likeness (QED) is 0.763. The van der Waals surface area contributed by atoms with Crippen molar-refractivity contribution < 1.29 is 0 Å². The maximum absolute atomic E-state index is 6.19. The van der Waals surface area contributed by atoms with E-state index < -0.39 is 0 Å². The molecule has 0 aliphatic carbocycles. The largest absolute Gasteiger partial charge is 0.306 e. The fourth-order valence-corrected chi connectivity index (χ4v) is 4.48. The molecular formula is C15H17BrClNS.